The Balaban J connectivity index is 1.45. The van der Waals surface area contributed by atoms with Gasteiger partial charge in [0.25, 0.3) is 5.91 Å². The predicted molar refractivity (Wildman–Crippen MR) is 141 cm³/mol. The molecule has 3 heterocycles. The van der Waals surface area contributed by atoms with Crippen LogP contribution in [0.15, 0.2) is 60.8 Å². The van der Waals surface area contributed by atoms with Crippen LogP contribution in [0.5, 0.6) is 5.75 Å². The van der Waals surface area contributed by atoms with Gasteiger partial charge >= 0.3 is 0 Å². The lowest BCUT2D eigenvalue weighted by Gasteiger charge is -2.36. The van der Waals surface area contributed by atoms with Crippen molar-refractivity contribution in [3.8, 4) is 11.4 Å². The van der Waals surface area contributed by atoms with E-state index in [9.17, 15) is 4.79 Å². The summed E-state index contributed by atoms with van der Waals surface area (Å²) in [5.41, 5.74) is 2.38. The molecule has 36 heavy (non-hydrogen) atoms. The van der Waals surface area contributed by atoms with E-state index in [0.29, 0.717) is 37.5 Å². The van der Waals surface area contributed by atoms with Gasteiger partial charge in [-0.05, 0) is 30.7 Å². The molecule has 0 saturated carbocycles. The monoisotopic (exact) mass is 484 g/mol. The zero-order valence-corrected chi connectivity index (χ0v) is 21.1. The maximum Gasteiger partial charge on any atom is 0.257 e. The van der Waals surface area contributed by atoms with Crippen molar-refractivity contribution in [3.05, 3.63) is 72.2 Å². The van der Waals surface area contributed by atoms with Crippen LogP contribution < -0.4 is 9.64 Å². The number of carbonyl (C=O) groups excluding carboxylic acids is 1. The number of hydrogen-bond donors (Lipinski definition) is 0. The Morgan fingerprint density at radius 2 is 1.72 bits per heavy atom. The first-order valence-corrected chi connectivity index (χ1v) is 12.6. The van der Waals surface area contributed by atoms with Gasteiger partial charge in [-0.1, -0.05) is 50.6 Å². The van der Waals surface area contributed by atoms with Gasteiger partial charge in [-0.15, -0.1) is 0 Å². The van der Waals surface area contributed by atoms with E-state index in [1.54, 1.807) is 7.11 Å². The molecule has 4 aromatic rings. The van der Waals surface area contributed by atoms with Crippen LogP contribution in [0, 0.1) is 0 Å². The highest BCUT2D eigenvalue weighted by molar-refractivity contribution is 5.97. The molecule has 0 bridgehead atoms. The van der Waals surface area contributed by atoms with E-state index < -0.39 is 0 Å². The minimum Gasteiger partial charge on any atom is -0.496 e. The zero-order chi connectivity index (χ0) is 25.1. The van der Waals surface area contributed by atoms with Crippen LogP contribution in [0.25, 0.3) is 16.7 Å². The quantitative estimate of drug-likeness (QED) is 0.379. The second kappa shape index (κ2) is 10.4. The van der Waals surface area contributed by atoms with E-state index in [1.165, 1.54) is 0 Å². The van der Waals surface area contributed by atoms with Gasteiger partial charge < -0.3 is 14.5 Å². The Morgan fingerprint density at radius 1 is 1.00 bits per heavy atom. The van der Waals surface area contributed by atoms with Crippen LogP contribution in [0.2, 0.25) is 0 Å². The highest BCUT2D eigenvalue weighted by Crippen LogP contribution is 2.30. The van der Waals surface area contributed by atoms with Crippen LogP contribution in [-0.4, -0.2) is 63.8 Å². The average Bonchev–Trinajstić information content (AvgIpc) is 3.37. The number of fused-ring (bicyclic) bond motifs is 1. The second-order valence-electron chi connectivity index (χ2n) is 9.20. The highest BCUT2D eigenvalue weighted by Gasteiger charge is 2.27. The van der Waals surface area contributed by atoms with E-state index in [4.69, 9.17) is 14.7 Å². The Morgan fingerprint density at radius 3 is 2.44 bits per heavy atom. The molecule has 0 radical (unpaired) electrons. The average molecular weight is 485 g/mol. The molecule has 1 aliphatic rings. The summed E-state index contributed by atoms with van der Waals surface area (Å²) < 4.78 is 7.30. The van der Waals surface area contributed by atoms with Gasteiger partial charge in [0.2, 0.25) is 0 Å². The van der Waals surface area contributed by atoms with Crippen LogP contribution in [0.4, 0.5) is 5.82 Å². The third-order valence-electron chi connectivity index (χ3n) is 6.79. The molecule has 2 aromatic heterocycles. The van der Waals surface area contributed by atoms with Crippen molar-refractivity contribution in [3.63, 3.8) is 0 Å². The number of anilines is 1. The SMILES string of the molecule is CCCC(C)c1nc(N2CCN(C(=O)c3ccccc3OC)CC2)c2cnn(-c3ccccc3)c2n1. The summed E-state index contributed by atoms with van der Waals surface area (Å²) in [5, 5.41) is 5.61. The topological polar surface area (TPSA) is 76.4 Å². The fourth-order valence-electron chi connectivity index (χ4n) is 4.80. The number of piperazine rings is 1. The number of methoxy groups -OCH3 is 1. The molecule has 1 fully saturated rings. The Bertz CT molecular complexity index is 1340. The number of benzene rings is 2. The van der Waals surface area contributed by atoms with E-state index in [2.05, 4.69) is 23.8 Å². The lowest BCUT2D eigenvalue weighted by molar-refractivity contribution is 0.0743. The number of carbonyl (C=O) groups is 1. The van der Waals surface area contributed by atoms with Crippen molar-refractivity contribution in [2.24, 2.45) is 0 Å². The maximum absolute atomic E-state index is 13.2. The first-order valence-electron chi connectivity index (χ1n) is 12.6. The summed E-state index contributed by atoms with van der Waals surface area (Å²) in [6, 6.07) is 17.5. The number of aromatic nitrogens is 4. The molecule has 8 heteroatoms. The normalized spacial score (nSPS) is 14.8. The summed E-state index contributed by atoms with van der Waals surface area (Å²) in [4.78, 5) is 27.4. The third kappa shape index (κ3) is 4.51. The van der Waals surface area contributed by atoms with Crippen molar-refractivity contribution in [1.29, 1.82) is 0 Å². The first-order chi connectivity index (χ1) is 17.6. The van der Waals surface area contributed by atoms with Gasteiger partial charge in [-0.25, -0.2) is 14.6 Å². The molecule has 1 atom stereocenters. The Hall–Kier alpha value is -3.94. The van der Waals surface area contributed by atoms with Crippen LogP contribution in [0.3, 0.4) is 0 Å². The summed E-state index contributed by atoms with van der Waals surface area (Å²) in [6.45, 7) is 6.95. The van der Waals surface area contributed by atoms with Gasteiger partial charge in [0.05, 0.1) is 29.9 Å². The molecular formula is C28H32N6O2. The fraction of sp³-hybridized carbons (Fsp3) is 0.357. The number of rotatable bonds is 7. The maximum atomic E-state index is 13.2. The van der Waals surface area contributed by atoms with Gasteiger partial charge in [-0.2, -0.15) is 5.10 Å². The Labute approximate surface area is 211 Å². The second-order valence-corrected chi connectivity index (χ2v) is 9.20. The first kappa shape index (κ1) is 23.8. The molecule has 5 rings (SSSR count). The number of nitrogens with zero attached hydrogens (tertiary/aromatic N) is 6. The summed E-state index contributed by atoms with van der Waals surface area (Å²) in [7, 11) is 1.59. The predicted octanol–water partition coefficient (Wildman–Crippen LogP) is 4.69. The Kier molecular flexibility index (Phi) is 6.84. The van der Waals surface area contributed by atoms with Gasteiger partial charge in [0, 0.05) is 32.1 Å². The van der Waals surface area contributed by atoms with Crippen molar-refractivity contribution >= 4 is 22.8 Å². The zero-order valence-electron chi connectivity index (χ0n) is 21.1. The van der Waals surface area contributed by atoms with E-state index in [0.717, 1.165) is 41.2 Å². The molecular weight excluding hydrogens is 452 g/mol. The number of ether oxygens (including phenoxy) is 1. The van der Waals surface area contributed by atoms with Gasteiger partial charge in [0.1, 0.15) is 17.4 Å². The lowest BCUT2D eigenvalue weighted by Crippen LogP contribution is -2.49. The fourth-order valence-corrected chi connectivity index (χ4v) is 4.80. The molecule has 1 saturated heterocycles. The highest BCUT2D eigenvalue weighted by atomic mass is 16.5. The van der Waals surface area contributed by atoms with Crippen molar-refractivity contribution in [2.75, 3.05) is 38.2 Å². The van der Waals surface area contributed by atoms with E-state index in [1.807, 2.05) is 70.4 Å². The minimum absolute atomic E-state index is 0.00547. The third-order valence-corrected chi connectivity index (χ3v) is 6.79. The molecule has 1 aliphatic heterocycles. The molecule has 0 aliphatic carbocycles. The van der Waals surface area contributed by atoms with Gasteiger partial charge in [0.15, 0.2) is 5.65 Å². The molecule has 0 spiro atoms. The summed E-state index contributed by atoms with van der Waals surface area (Å²) in [6.07, 6.45) is 3.95. The smallest absolute Gasteiger partial charge is 0.257 e. The van der Waals surface area contributed by atoms with Crippen LogP contribution in [0.1, 0.15) is 48.8 Å². The minimum atomic E-state index is -0.00547. The van der Waals surface area contributed by atoms with Gasteiger partial charge in [-0.3, -0.25) is 4.79 Å². The number of para-hydroxylation sites is 2. The number of hydrogen-bond acceptors (Lipinski definition) is 6. The van der Waals surface area contributed by atoms with Crippen molar-refractivity contribution in [1.82, 2.24) is 24.6 Å². The van der Waals surface area contributed by atoms with Crippen molar-refractivity contribution < 1.29 is 9.53 Å². The van der Waals surface area contributed by atoms with E-state index in [-0.39, 0.29) is 11.8 Å². The number of amides is 1. The molecule has 8 nitrogen and oxygen atoms in total. The standard InChI is InChI=1S/C28H32N6O2/c1-4-10-20(2)25-30-26(23-19-29-34(27(23)31-25)21-11-6-5-7-12-21)32-15-17-33(18-16-32)28(35)22-13-8-9-14-24(22)36-3/h5-9,11-14,19-20H,4,10,15-18H2,1-3H3. The summed E-state index contributed by atoms with van der Waals surface area (Å²) >= 11 is 0. The van der Waals surface area contributed by atoms with Crippen LogP contribution in [-0.2, 0) is 0 Å². The molecule has 186 valence electrons. The molecule has 0 N–H and O–H groups in total. The van der Waals surface area contributed by atoms with E-state index >= 15 is 0 Å². The molecule has 1 amide bonds. The van der Waals surface area contributed by atoms with Crippen molar-refractivity contribution in [2.45, 2.75) is 32.6 Å². The largest absolute Gasteiger partial charge is 0.496 e. The summed E-state index contributed by atoms with van der Waals surface area (Å²) in [5.74, 6) is 2.57. The lowest BCUT2D eigenvalue weighted by atomic mass is 10.1. The molecule has 2 aromatic carbocycles. The molecule has 1 unspecified atom stereocenters. The van der Waals surface area contributed by atoms with Crippen LogP contribution >= 0.6 is 0 Å².